The summed E-state index contributed by atoms with van der Waals surface area (Å²) in [5, 5.41) is 2.78. The van der Waals surface area contributed by atoms with Gasteiger partial charge in [-0.25, -0.2) is 0 Å². The lowest BCUT2D eigenvalue weighted by atomic mass is 10.1. The van der Waals surface area contributed by atoms with Crippen molar-refractivity contribution in [1.82, 2.24) is 9.80 Å². The molecule has 0 unspecified atom stereocenters. The first-order chi connectivity index (χ1) is 10.4. The van der Waals surface area contributed by atoms with Crippen LogP contribution in [0.1, 0.15) is 36.7 Å². The Balaban J connectivity index is 2.08. The highest BCUT2D eigenvalue weighted by Gasteiger charge is 2.23. The summed E-state index contributed by atoms with van der Waals surface area (Å²) >= 11 is 0. The van der Waals surface area contributed by atoms with E-state index in [1.807, 2.05) is 24.0 Å². The van der Waals surface area contributed by atoms with E-state index in [0.29, 0.717) is 17.3 Å². The molecule has 0 bridgehead atoms. The minimum Gasteiger partial charge on any atom is -0.336 e. The SMILES string of the molecule is CC(=O)Nc1cc(C(=O)N2CCN(C(C)C)CC2)ccc1C. The Morgan fingerprint density at radius 3 is 2.32 bits per heavy atom. The number of piperazine rings is 1. The molecule has 2 amide bonds. The van der Waals surface area contributed by atoms with Gasteiger partial charge in [0.2, 0.25) is 5.91 Å². The summed E-state index contributed by atoms with van der Waals surface area (Å²) in [4.78, 5) is 28.1. The largest absolute Gasteiger partial charge is 0.336 e. The number of aryl methyl sites for hydroxylation is 1. The van der Waals surface area contributed by atoms with E-state index in [1.54, 1.807) is 6.07 Å². The minimum absolute atomic E-state index is 0.0370. The third-order valence-corrected chi connectivity index (χ3v) is 4.13. The second kappa shape index (κ2) is 6.92. The molecule has 1 aliphatic rings. The van der Waals surface area contributed by atoms with Crippen molar-refractivity contribution in [3.8, 4) is 0 Å². The molecule has 120 valence electrons. The highest BCUT2D eigenvalue weighted by molar-refractivity contribution is 5.97. The third kappa shape index (κ3) is 3.85. The third-order valence-electron chi connectivity index (χ3n) is 4.13. The summed E-state index contributed by atoms with van der Waals surface area (Å²) in [5.74, 6) is -0.0896. The molecular formula is C17H25N3O2. The van der Waals surface area contributed by atoms with Crippen molar-refractivity contribution in [1.29, 1.82) is 0 Å². The Morgan fingerprint density at radius 1 is 1.14 bits per heavy atom. The lowest BCUT2D eigenvalue weighted by Crippen LogP contribution is -2.50. The molecule has 1 aromatic carbocycles. The number of benzene rings is 1. The number of nitrogens with zero attached hydrogens (tertiary/aromatic N) is 2. The Labute approximate surface area is 132 Å². The lowest BCUT2D eigenvalue weighted by molar-refractivity contribution is -0.114. The molecule has 2 rings (SSSR count). The fourth-order valence-corrected chi connectivity index (χ4v) is 2.70. The Morgan fingerprint density at radius 2 is 1.77 bits per heavy atom. The van der Waals surface area contributed by atoms with E-state index in [-0.39, 0.29) is 11.8 Å². The fourth-order valence-electron chi connectivity index (χ4n) is 2.70. The van der Waals surface area contributed by atoms with Crippen LogP contribution in [0, 0.1) is 6.92 Å². The monoisotopic (exact) mass is 303 g/mol. The first kappa shape index (κ1) is 16.5. The predicted octanol–water partition coefficient (Wildman–Crippen LogP) is 2.12. The maximum atomic E-state index is 12.6. The number of hydrogen-bond acceptors (Lipinski definition) is 3. The standard InChI is InChI=1S/C17H25N3O2/c1-12(2)19-7-9-20(10-8-19)17(22)15-6-5-13(3)16(11-15)18-14(4)21/h5-6,11-12H,7-10H2,1-4H3,(H,18,21). The van der Waals surface area contributed by atoms with Crippen molar-refractivity contribution in [3.05, 3.63) is 29.3 Å². The van der Waals surface area contributed by atoms with Crippen LogP contribution in [0.25, 0.3) is 0 Å². The zero-order valence-corrected chi connectivity index (χ0v) is 13.8. The molecule has 0 saturated carbocycles. The molecule has 1 saturated heterocycles. The first-order valence-corrected chi connectivity index (χ1v) is 7.80. The number of anilines is 1. The zero-order chi connectivity index (χ0) is 16.3. The Bertz CT molecular complexity index is 561. The van der Waals surface area contributed by atoms with Crippen LogP contribution in [0.4, 0.5) is 5.69 Å². The van der Waals surface area contributed by atoms with Crippen molar-refractivity contribution in [3.63, 3.8) is 0 Å². The Hall–Kier alpha value is -1.88. The van der Waals surface area contributed by atoms with E-state index >= 15 is 0 Å². The fraction of sp³-hybridized carbons (Fsp3) is 0.529. The van der Waals surface area contributed by atoms with Gasteiger partial charge in [0.05, 0.1) is 0 Å². The van der Waals surface area contributed by atoms with Gasteiger partial charge in [-0.1, -0.05) is 6.07 Å². The second-order valence-corrected chi connectivity index (χ2v) is 6.13. The average molecular weight is 303 g/mol. The number of nitrogens with one attached hydrogen (secondary N) is 1. The lowest BCUT2D eigenvalue weighted by Gasteiger charge is -2.37. The van der Waals surface area contributed by atoms with Crippen LogP contribution in [0.5, 0.6) is 0 Å². The van der Waals surface area contributed by atoms with Gasteiger partial charge in [-0.2, -0.15) is 0 Å². The summed E-state index contributed by atoms with van der Waals surface area (Å²) < 4.78 is 0. The highest BCUT2D eigenvalue weighted by Crippen LogP contribution is 2.19. The number of rotatable bonds is 3. The van der Waals surface area contributed by atoms with Gasteiger partial charge in [0.1, 0.15) is 0 Å². The number of carbonyl (C=O) groups excluding carboxylic acids is 2. The molecule has 1 fully saturated rings. The number of carbonyl (C=O) groups is 2. The smallest absolute Gasteiger partial charge is 0.254 e. The van der Waals surface area contributed by atoms with Crippen LogP contribution in [0.3, 0.4) is 0 Å². The predicted molar refractivity (Wildman–Crippen MR) is 88.1 cm³/mol. The van der Waals surface area contributed by atoms with Crippen molar-refractivity contribution < 1.29 is 9.59 Å². The average Bonchev–Trinajstić information content (AvgIpc) is 2.48. The van der Waals surface area contributed by atoms with Crippen LogP contribution in [-0.2, 0) is 4.79 Å². The van der Waals surface area contributed by atoms with E-state index in [2.05, 4.69) is 24.1 Å². The summed E-state index contributed by atoms with van der Waals surface area (Å²) in [6.45, 7) is 11.1. The summed E-state index contributed by atoms with van der Waals surface area (Å²) in [6.07, 6.45) is 0. The van der Waals surface area contributed by atoms with Gasteiger partial charge >= 0.3 is 0 Å². The summed E-state index contributed by atoms with van der Waals surface area (Å²) in [5.41, 5.74) is 2.29. The van der Waals surface area contributed by atoms with Crippen LogP contribution in [-0.4, -0.2) is 53.8 Å². The van der Waals surface area contributed by atoms with Crippen molar-refractivity contribution in [2.24, 2.45) is 0 Å². The van der Waals surface area contributed by atoms with Crippen molar-refractivity contribution >= 4 is 17.5 Å². The molecule has 1 aliphatic heterocycles. The molecule has 1 N–H and O–H groups in total. The van der Waals surface area contributed by atoms with Gasteiger partial charge in [0.25, 0.3) is 5.91 Å². The molecule has 0 radical (unpaired) electrons. The van der Waals surface area contributed by atoms with Gasteiger partial charge in [-0.15, -0.1) is 0 Å². The summed E-state index contributed by atoms with van der Waals surface area (Å²) in [7, 11) is 0. The van der Waals surface area contributed by atoms with Crippen LogP contribution in [0.2, 0.25) is 0 Å². The quantitative estimate of drug-likeness (QED) is 0.930. The molecule has 0 atom stereocenters. The van der Waals surface area contributed by atoms with Crippen LogP contribution < -0.4 is 5.32 Å². The van der Waals surface area contributed by atoms with Gasteiger partial charge < -0.3 is 10.2 Å². The number of hydrogen-bond donors (Lipinski definition) is 1. The van der Waals surface area contributed by atoms with Crippen LogP contribution in [0.15, 0.2) is 18.2 Å². The molecule has 5 nitrogen and oxygen atoms in total. The molecular weight excluding hydrogens is 278 g/mol. The van der Waals surface area contributed by atoms with Crippen molar-refractivity contribution in [2.45, 2.75) is 33.7 Å². The molecule has 1 aromatic rings. The van der Waals surface area contributed by atoms with E-state index in [0.717, 1.165) is 31.7 Å². The van der Waals surface area contributed by atoms with Gasteiger partial charge in [-0.3, -0.25) is 14.5 Å². The van der Waals surface area contributed by atoms with Crippen LogP contribution >= 0.6 is 0 Å². The topological polar surface area (TPSA) is 52.7 Å². The van der Waals surface area contributed by atoms with Crippen molar-refractivity contribution in [2.75, 3.05) is 31.5 Å². The van der Waals surface area contributed by atoms with E-state index in [4.69, 9.17) is 0 Å². The van der Waals surface area contributed by atoms with Gasteiger partial charge in [-0.05, 0) is 38.5 Å². The maximum Gasteiger partial charge on any atom is 0.254 e. The number of amides is 2. The second-order valence-electron chi connectivity index (χ2n) is 6.13. The van der Waals surface area contributed by atoms with Gasteiger partial charge in [0, 0.05) is 50.4 Å². The highest BCUT2D eigenvalue weighted by atomic mass is 16.2. The molecule has 22 heavy (non-hydrogen) atoms. The van der Waals surface area contributed by atoms with E-state index in [9.17, 15) is 9.59 Å². The normalized spacial score (nSPS) is 16.0. The van der Waals surface area contributed by atoms with Gasteiger partial charge in [0.15, 0.2) is 0 Å². The molecule has 0 spiro atoms. The zero-order valence-electron chi connectivity index (χ0n) is 13.8. The summed E-state index contributed by atoms with van der Waals surface area (Å²) in [6, 6.07) is 6.00. The molecule has 5 heteroatoms. The minimum atomic E-state index is -0.127. The molecule has 0 aliphatic carbocycles. The Kier molecular flexibility index (Phi) is 5.19. The molecule has 1 heterocycles. The molecule has 0 aromatic heterocycles. The first-order valence-electron chi connectivity index (χ1n) is 7.80. The van der Waals surface area contributed by atoms with E-state index in [1.165, 1.54) is 6.92 Å². The van der Waals surface area contributed by atoms with E-state index < -0.39 is 0 Å². The maximum absolute atomic E-state index is 12.6.